The molecule has 2 saturated heterocycles. The van der Waals surface area contributed by atoms with Gasteiger partial charge in [-0.2, -0.15) is 0 Å². The average Bonchev–Trinajstić information content (AvgIpc) is 3.53. The van der Waals surface area contributed by atoms with Gasteiger partial charge in [-0.15, -0.1) is 22.7 Å². The minimum atomic E-state index is -0.391. The number of hydrogen-bond acceptors (Lipinski definition) is 5. The van der Waals surface area contributed by atoms with Gasteiger partial charge in [-0.3, -0.25) is 9.59 Å². The van der Waals surface area contributed by atoms with Crippen LogP contribution in [0.3, 0.4) is 0 Å². The summed E-state index contributed by atoms with van der Waals surface area (Å²) in [5.41, 5.74) is 0.982. The van der Waals surface area contributed by atoms with E-state index in [9.17, 15) is 14.0 Å². The first kappa shape index (κ1) is 23.6. The molecule has 0 bridgehead atoms. The molecule has 4 aromatic rings. The van der Waals surface area contributed by atoms with E-state index in [4.69, 9.17) is 11.6 Å². The predicted molar refractivity (Wildman–Crippen MR) is 142 cm³/mol. The lowest BCUT2D eigenvalue weighted by atomic mass is 9.79. The Labute approximate surface area is 221 Å². The molecule has 184 valence electrons. The Bertz CT molecular complexity index is 1440. The summed E-state index contributed by atoms with van der Waals surface area (Å²) in [7, 11) is 0. The summed E-state index contributed by atoms with van der Waals surface area (Å²) in [5.74, 6) is 0.476. The van der Waals surface area contributed by atoms with Crippen molar-refractivity contribution in [1.82, 2.24) is 14.8 Å². The fourth-order valence-corrected chi connectivity index (χ4v) is 7.27. The second-order valence-electron chi connectivity index (χ2n) is 9.36. The number of aromatic nitrogens is 1. The molecule has 2 amide bonds. The molecule has 2 fully saturated rings. The third-order valence-corrected chi connectivity index (χ3v) is 9.45. The van der Waals surface area contributed by atoms with Gasteiger partial charge in [0.15, 0.2) is 5.01 Å². The molecule has 4 heterocycles. The van der Waals surface area contributed by atoms with Crippen LogP contribution in [0.2, 0.25) is 5.02 Å². The molecule has 2 aromatic heterocycles. The van der Waals surface area contributed by atoms with Gasteiger partial charge in [-0.05, 0) is 48.9 Å². The van der Waals surface area contributed by atoms with Gasteiger partial charge >= 0.3 is 0 Å². The van der Waals surface area contributed by atoms with Crippen LogP contribution in [0.25, 0.3) is 21.2 Å². The van der Waals surface area contributed by atoms with Crippen molar-refractivity contribution in [2.45, 2.75) is 12.8 Å². The highest BCUT2D eigenvalue weighted by Crippen LogP contribution is 2.42. The van der Waals surface area contributed by atoms with Crippen LogP contribution < -0.4 is 0 Å². The van der Waals surface area contributed by atoms with Crippen LogP contribution in [0.4, 0.5) is 4.39 Å². The van der Waals surface area contributed by atoms with Crippen molar-refractivity contribution in [2.75, 3.05) is 26.2 Å². The van der Waals surface area contributed by atoms with E-state index < -0.39 is 5.82 Å². The topological polar surface area (TPSA) is 53.5 Å². The summed E-state index contributed by atoms with van der Waals surface area (Å²) in [5, 5.41) is 3.66. The summed E-state index contributed by atoms with van der Waals surface area (Å²) >= 11 is 8.98. The number of fused-ring (bicyclic) bond motifs is 1. The number of halogens is 2. The van der Waals surface area contributed by atoms with E-state index in [1.54, 1.807) is 12.3 Å². The van der Waals surface area contributed by atoms with Crippen molar-refractivity contribution in [3.63, 3.8) is 0 Å². The third kappa shape index (κ3) is 4.21. The first-order valence-electron chi connectivity index (χ1n) is 11.9. The highest BCUT2D eigenvalue weighted by atomic mass is 35.5. The summed E-state index contributed by atoms with van der Waals surface area (Å²) < 4.78 is 15.8. The number of hydrogen-bond donors (Lipinski definition) is 0. The van der Waals surface area contributed by atoms with Crippen LogP contribution in [0.1, 0.15) is 32.3 Å². The van der Waals surface area contributed by atoms with Crippen LogP contribution in [-0.4, -0.2) is 52.8 Å². The van der Waals surface area contributed by atoms with Gasteiger partial charge in [0.25, 0.3) is 11.8 Å². The highest BCUT2D eigenvalue weighted by molar-refractivity contribution is 7.21. The number of thiazole rings is 1. The van der Waals surface area contributed by atoms with E-state index >= 15 is 0 Å². The van der Waals surface area contributed by atoms with Crippen LogP contribution in [0, 0.1) is 17.7 Å². The van der Waals surface area contributed by atoms with Gasteiger partial charge in [0.2, 0.25) is 0 Å². The lowest BCUT2D eigenvalue weighted by molar-refractivity contribution is 0.0232. The number of carbonyl (C=O) groups is 2. The van der Waals surface area contributed by atoms with E-state index in [-0.39, 0.29) is 11.8 Å². The Hall–Kier alpha value is -2.81. The Morgan fingerprint density at radius 1 is 1.00 bits per heavy atom. The maximum atomic E-state index is 14.9. The molecule has 0 spiro atoms. The second kappa shape index (κ2) is 9.57. The van der Waals surface area contributed by atoms with Crippen molar-refractivity contribution in [3.05, 3.63) is 74.8 Å². The van der Waals surface area contributed by atoms with Crippen LogP contribution in [0.15, 0.2) is 54.0 Å². The lowest BCUT2D eigenvalue weighted by Crippen LogP contribution is -2.54. The number of benzene rings is 2. The van der Waals surface area contributed by atoms with Crippen molar-refractivity contribution < 1.29 is 14.0 Å². The maximum absolute atomic E-state index is 14.9. The smallest absolute Gasteiger partial charge is 0.282 e. The SMILES string of the molecule is O=C(c1nccs1)N1CCC(C2CN(C(=O)c3sc4ccccc4c3-c3cc(Cl)ccc3F)C2)CC1. The Kier molecular flexibility index (Phi) is 6.27. The van der Waals surface area contributed by atoms with Crippen LogP contribution in [0.5, 0.6) is 0 Å². The fourth-order valence-electron chi connectivity index (χ4n) is 5.31. The molecule has 2 aliphatic heterocycles. The largest absolute Gasteiger partial charge is 0.337 e. The number of rotatable bonds is 4. The highest BCUT2D eigenvalue weighted by Gasteiger charge is 2.39. The molecule has 5 nitrogen and oxygen atoms in total. The van der Waals surface area contributed by atoms with Crippen molar-refractivity contribution in [3.8, 4) is 11.1 Å². The zero-order chi connectivity index (χ0) is 24.8. The Morgan fingerprint density at radius 3 is 2.53 bits per heavy atom. The first-order valence-corrected chi connectivity index (χ1v) is 14.0. The minimum absolute atomic E-state index is 0.0133. The summed E-state index contributed by atoms with van der Waals surface area (Å²) in [6, 6.07) is 12.2. The zero-order valence-corrected chi connectivity index (χ0v) is 21.7. The Morgan fingerprint density at radius 2 is 1.78 bits per heavy atom. The van der Waals surface area contributed by atoms with Gasteiger partial charge in [-0.1, -0.05) is 29.8 Å². The fraction of sp³-hybridized carbons (Fsp3) is 0.296. The van der Waals surface area contributed by atoms with Crippen LogP contribution >= 0.6 is 34.3 Å². The maximum Gasteiger partial charge on any atom is 0.282 e. The monoisotopic (exact) mass is 539 g/mol. The van der Waals surface area contributed by atoms with E-state index in [0.29, 0.717) is 51.0 Å². The molecule has 2 aliphatic rings. The number of nitrogens with zero attached hydrogens (tertiary/aromatic N) is 3. The van der Waals surface area contributed by atoms with E-state index in [1.807, 2.05) is 39.4 Å². The van der Waals surface area contributed by atoms with Crippen molar-refractivity contribution >= 4 is 56.2 Å². The molecule has 0 saturated carbocycles. The zero-order valence-electron chi connectivity index (χ0n) is 19.3. The molecule has 0 unspecified atom stereocenters. The van der Waals surface area contributed by atoms with Gasteiger partial charge in [0.1, 0.15) is 10.7 Å². The number of likely N-dealkylation sites (tertiary alicyclic amines) is 2. The van der Waals surface area contributed by atoms with Gasteiger partial charge in [-0.25, -0.2) is 9.37 Å². The molecule has 6 rings (SSSR count). The molecule has 0 aliphatic carbocycles. The molecule has 36 heavy (non-hydrogen) atoms. The standard InChI is InChI=1S/C27H23ClFN3O2S2/c28-18-5-6-21(29)20(13-18)23-19-3-1-2-4-22(19)36-24(23)26(33)32-14-17(15-32)16-7-10-31(11-8-16)27(34)25-30-9-12-35-25/h1-6,9,12-13,16-17H,7-8,10-11,14-15H2. The number of thiophene rings is 1. The lowest BCUT2D eigenvalue weighted by Gasteiger charge is -2.46. The van der Waals surface area contributed by atoms with Gasteiger partial charge in [0, 0.05) is 64.0 Å². The van der Waals surface area contributed by atoms with Crippen LogP contribution in [-0.2, 0) is 0 Å². The van der Waals surface area contributed by atoms with Crippen molar-refractivity contribution in [1.29, 1.82) is 0 Å². The quantitative estimate of drug-likeness (QED) is 0.300. The Balaban J connectivity index is 1.16. The van der Waals surface area contributed by atoms with Gasteiger partial charge < -0.3 is 9.80 Å². The summed E-state index contributed by atoms with van der Waals surface area (Å²) in [6.45, 7) is 2.83. The van der Waals surface area contributed by atoms with E-state index in [1.165, 1.54) is 34.8 Å². The second-order valence-corrected chi connectivity index (χ2v) is 11.7. The minimum Gasteiger partial charge on any atom is -0.337 e. The molecule has 9 heteroatoms. The molecule has 0 N–H and O–H groups in total. The molecule has 0 radical (unpaired) electrons. The van der Waals surface area contributed by atoms with E-state index in [2.05, 4.69) is 4.98 Å². The molecule has 2 aromatic carbocycles. The van der Waals surface area contributed by atoms with E-state index in [0.717, 1.165) is 36.0 Å². The van der Waals surface area contributed by atoms with Crippen molar-refractivity contribution in [2.24, 2.45) is 11.8 Å². The normalized spacial score (nSPS) is 16.9. The summed E-state index contributed by atoms with van der Waals surface area (Å²) in [4.78, 5) is 34.6. The van der Waals surface area contributed by atoms with Gasteiger partial charge in [0.05, 0.1) is 0 Å². The molecular weight excluding hydrogens is 517 g/mol. The third-order valence-electron chi connectivity index (χ3n) is 7.29. The predicted octanol–water partition coefficient (Wildman–Crippen LogP) is 6.44. The molecule has 0 atom stereocenters. The average molecular weight is 540 g/mol. The molecular formula is C27H23ClFN3O2S2. The first-order chi connectivity index (χ1) is 17.5. The number of piperidine rings is 1. The summed E-state index contributed by atoms with van der Waals surface area (Å²) in [6.07, 6.45) is 3.53. The number of carbonyl (C=O) groups excluding carboxylic acids is 2. The number of amides is 2.